The molecule has 2 aromatic carbocycles. The average molecular weight is 513 g/mol. The molecule has 2 aliphatic heterocycles. The quantitative estimate of drug-likeness (QED) is 0.408. The van der Waals surface area contributed by atoms with Crippen molar-refractivity contribution in [2.24, 2.45) is 21.6 Å². The van der Waals surface area contributed by atoms with Crippen molar-refractivity contribution in [3.05, 3.63) is 82.1 Å². The number of amides is 1. The minimum absolute atomic E-state index is 0.128. The van der Waals surface area contributed by atoms with Crippen LogP contribution in [0.1, 0.15) is 29.3 Å². The summed E-state index contributed by atoms with van der Waals surface area (Å²) in [7, 11) is 0. The summed E-state index contributed by atoms with van der Waals surface area (Å²) >= 11 is 3.26. The second kappa shape index (κ2) is 9.75. The minimum atomic E-state index is 0.128. The first-order chi connectivity index (χ1) is 17.7. The van der Waals surface area contributed by atoms with E-state index in [4.69, 9.17) is 5.73 Å². The standard InChI is InChI=1S/C16H15N3OS.C11H9N3S/c20-15(10-4-3-5-10)18-12-8-9-17-14(12)16-19-11-6-1-2-7-13(11)21-16;12-7-5-6-13-10(7)11-14-8-3-1-2-4-9(8)15-11/h1-2,6-8,10H,3-5,9H2,(H,18,20);1-5H,6,12H2. The fourth-order valence-corrected chi connectivity index (χ4v) is 6.15. The highest BCUT2D eigenvalue weighted by Crippen LogP contribution is 2.28. The zero-order chi connectivity index (χ0) is 24.5. The number of aliphatic imine (C=N–C) groups is 2. The molecular formula is C27H24N6OS2. The Balaban J connectivity index is 0.000000141. The summed E-state index contributed by atoms with van der Waals surface area (Å²) in [5, 5.41) is 4.83. The first kappa shape index (κ1) is 22.8. The number of aromatic nitrogens is 2. The molecule has 1 fully saturated rings. The van der Waals surface area contributed by atoms with Crippen LogP contribution in [0.25, 0.3) is 20.4 Å². The molecular weight excluding hydrogens is 488 g/mol. The maximum Gasteiger partial charge on any atom is 0.227 e. The number of nitrogens with two attached hydrogens (primary N) is 1. The summed E-state index contributed by atoms with van der Waals surface area (Å²) in [4.78, 5) is 30.1. The Morgan fingerprint density at radius 1 is 0.833 bits per heavy atom. The molecule has 2 aromatic heterocycles. The predicted octanol–water partition coefficient (Wildman–Crippen LogP) is 4.84. The molecule has 0 spiro atoms. The monoisotopic (exact) mass is 512 g/mol. The number of hydrogen-bond donors (Lipinski definition) is 2. The van der Waals surface area contributed by atoms with E-state index in [2.05, 4.69) is 37.4 Å². The molecule has 180 valence electrons. The smallest absolute Gasteiger partial charge is 0.227 e. The fraction of sp³-hybridized carbons (Fsp3) is 0.222. The molecule has 1 amide bonds. The lowest BCUT2D eigenvalue weighted by atomic mass is 9.85. The number of para-hydroxylation sites is 2. The molecule has 0 radical (unpaired) electrons. The van der Waals surface area contributed by atoms with Gasteiger partial charge in [0.25, 0.3) is 0 Å². The van der Waals surface area contributed by atoms with Gasteiger partial charge in [0.1, 0.15) is 21.4 Å². The molecule has 3 N–H and O–H groups in total. The summed E-state index contributed by atoms with van der Waals surface area (Å²) < 4.78 is 2.32. The number of carbonyl (C=O) groups is 1. The number of carbonyl (C=O) groups excluding carboxylic acids is 1. The lowest BCUT2D eigenvalue weighted by Gasteiger charge is -2.24. The zero-order valence-electron chi connectivity index (χ0n) is 19.5. The van der Waals surface area contributed by atoms with Crippen LogP contribution in [0.5, 0.6) is 0 Å². The summed E-state index contributed by atoms with van der Waals surface area (Å²) in [5.41, 5.74) is 11.1. The van der Waals surface area contributed by atoms with Gasteiger partial charge in [-0.2, -0.15) is 0 Å². The van der Waals surface area contributed by atoms with Crippen LogP contribution in [0.2, 0.25) is 0 Å². The third kappa shape index (κ3) is 4.47. The number of fused-ring (bicyclic) bond motifs is 2. The van der Waals surface area contributed by atoms with Gasteiger partial charge in [-0.25, -0.2) is 9.97 Å². The van der Waals surface area contributed by atoms with Gasteiger partial charge >= 0.3 is 0 Å². The highest BCUT2D eigenvalue weighted by atomic mass is 32.1. The number of allylic oxidation sites excluding steroid dienone is 2. The Bertz CT molecular complexity index is 1520. The van der Waals surface area contributed by atoms with Crippen molar-refractivity contribution in [3.63, 3.8) is 0 Å². The van der Waals surface area contributed by atoms with Crippen molar-refractivity contribution >= 4 is 60.4 Å². The first-order valence-electron chi connectivity index (χ1n) is 11.9. The number of benzene rings is 2. The predicted molar refractivity (Wildman–Crippen MR) is 148 cm³/mol. The molecule has 4 heterocycles. The van der Waals surface area contributed by atoms with E-state index in [1.54, 1.807) is 22.7 Å². The molecule has 1 aliphatic carbocycles. The normalized spacial score (nSPS) is 17.1. The Hall–Kier alpha value is -3.69. The van der Waals surface area contributed by atoms with Gasteiger partial charge in [0.2, 0.25) is 5.91 Å². The van der Waals surface area contributed by atoms with E-state index in [-0.39, 0.29) is 11.8 Å². The third-order valence-electron chi connectivity index (χ3n) is 6.36. The van der Waals surface area contributed by atoms with Gasteiger partial charge in [-0.1, -0.05) is 30.7 Å². The summed E-state index contributed by atoms with van der Waals surface area (Å²) in [6.45, 7) is 1.29. The second-order valence-electron chi connectivity index (χ2n) is 8.75. The van der Waals surface area contributed by atoms with E-state index in [0.717, 1.165) is 67.8 Å². The number of thiazole rings is 2. The van der Waals surface area contributed by atoms with Crippen molar-refractivity contribution in [3.8, 4) is 0 Å². The fourth-order valence-electron chi connectivity index (χ4n) is 4.17. The van der Waals surface area contributed by atoms with E-state index < -0.39 is 0 Å². The van der Waals surface area contributed by atoms with Crippen LogP contribution < -0.4 is 11.1 Å². The van der Waals surface area contributed by atoms with Gasteiger partial charge < -0.3 is 11.1 Å². The van der Waals surface area contributed by atoms with Gasteiger partial charge in [0.15, 0.2) is 0 Å². The summed E-state index contributed by atoms with van der Waals surface area (Å²) in [5.74, 6) is 0.311. The molecule has 4 aromatic rings. The molecule has 9 heteroatoms. The number of hydrogen-bond acceptors (Lipinski definition) is 8. The van der Waals surface area contributed by atoms with Crippen molar-refractivity contribution in [1.82, 2.24) is 15.3 Å². The highest BCUT2D eigenvalue weighted by molar-refractivity contribution is 7.20. The van der Waals surface area contributed by atoms with Crippen LogP contribution in [0.15, 0.2) is 82.1 Å². The maximum atomic E-state index is 12.1. The van der Waals surface area contributed by atoms with Crippen molar-refractivity contribution in [2.75, 3.05) is 13.1 Å². The van der Waals surface area contributed by atoms with Crippen molar-refractivity contribution < 1.29 is 4.79 Å². The Kier molecular flexibility index (Phi) is 6.16. The lowest BCUT2D eigenvalue weighted by Crippen LogP contribution is -2.35. The molecule has 1 saturated carbocycles. The van der Waals surface area contributed by atoms with E-state index in [1.165, 1.54) is 4.70 Å². The second-order valence-corrected chi connectivity index (χ2v) is 10.8. The Labute approximate surface area is 216 Å². The van der Waals surface area contributed by atoms with Gasteiger partial charge in [-0.15, -0.1) is 22.7 Å². The molecule has 0 atom stereocenters. The van der Waals surface area contributed by atoms with E-state index in [1.807, 2.05) is 48.6 Å². The highest BCUT2D eigenvalue weighted by Gasteiger charge is 2.28. The summed E-state index contributed by atoms with van der Waals surface area (Å²) in [6, 6.07) is 16.1. The molecule has 0 saturated heterocycles. The van der Waals surface area contributed by atoms with Crippen LogP contribution in [-0.4, -0.2) is 40.4 Å². The first-order valence-corrected chi connectivity index (χ1v) is 13.6. The van der Waals surface area contributed by atoms with E-state index in [9.17, 15) is 4.79 Å². The van der Waals surface area contributed by atoms with Gasteiger partial charge in [0, 0.05) is 5.92 Å². The Morgan fingerprint density at radius 2 is 1.42 bits per heavy atom. The number of rotatable bonds is 4. The minimum Gasteiger partial charge on any atom is -0.397 e. The van der Waals surface area contributed by atoms with Crippen LogP contribution >= 0.6 is 22.7 Å². The van der Waals surface area contributed by atoms with Crippen LogP contribution in [0.4, 0.5) is 0 Å². The van der Waals surface area contributed by atoms with Gasteiger partial charge in [-0.05, 0) is 49.3 Å². The number of nitrogens with zero attached hydrogens (tertiary/aromatic N) is 4. The van der Waals surface area contributed by atoms with Crippen molar-refractivity contribution in [2.45, 2.75) is 19.3 Å². The Morgan fingerprint density at radius 3 is 1.97 bits per heavy atom. The van der Waals surface area contributed by atoms with Crippen LogP contribution in [-0.2, 0) is 4.79 Å². The lowest BCUT2D eigenvalue weighted by molar-refractivity contribution is -0.126. The van der Waals surface area contributed by atoms with Crippen molar-refractivity contribution in [1.29, 1.82) is 0 Å². The van der Waals surface area contributed by atoms with Gasteiger partial charge in [-0.3, -0.25) is 14.8 Å². The van der Waals surface area contributed by atoms with E-state index in [0.29, 0.717) is 13.1 Å². The number of nitrogens with one attached hydrogen (secondary N) is 1. The topological polar surface area (TPSA) is 106 Å². The molecule has 7 nitrogen and oxygen atoms in total. The van der Waals surface area contributed by atoms with Crippen LogP contribution in [0, 0.1) is 5.92 Å². The van der Waals surface area contributed by atoms with Gasteiger partial charge in [0.05, 0.1) is 44.9 Å². The molecule has 0 unspecified atom stereocenters. The molecule has 36 heavy (non-hydrogen) atoms. The molecule has 0 bridgehead atoms. The average Bonchev–Trinajstić information content (AvgIpc) is 3.63. The molecule has 3 aliphatic rings. The SMILES string of the molecule is NC1=CCN=C1c1nc2ccccc2s1.O=C(NC1=CCN=C1c1nc2ccccc2s1)C1CCC1. The maximum absolute atomic E-state index is 12.1. The largest absolute Gasteiger partial charge is 0.397 e. The van der Waals surface area contributed by atoms with Crippen LogP contribution in [0.3, 0.4) is 0 Å². The molecule has 7 rings (SSSR count). The van der Waals surface area contributed by atoms with E-state index >= 15 is 0 Å². The zero-order valence-corrected chi connectivity index (χ0v) is 21.1. The third-order valence-corrected chi connectivity index (χ3v) is 8.45. The summed E-state index contributed by atoms with van der Waals surface area (Å²) in [6.07, 6.45) is 7.06.